The summed E-state index contributed by atoms with van der Waals surface area (Å²) in [5, 5.41) is 4.79. The molecule has 32 heavy (non-hydrogen) atoms. The van der Waals surface area contributed by atoms with E-state index < -0.39 is 0 Å². The second kappa shape index (κ2) is 9.78. The maximum atomic E-state index is 12.5. The summed E-state index contributed by atoms with van der Waals surface area (Å²) in [6, 6.07) is 17.9. The molecule has 1 N–H and O–H groups in total. The molecule has 0 aliphatic heterocycles. The topological polar surface area (TPSA) is 65.4 Å². The van der Waals surface area contributed by atoms with Crippen LogP contribution in [0.1, 0.15) is 11.1 Å². The Balaban J connectivity index is 1.44. The van der Waals surface area contributed by atoms with Gasteiger partial charge in [0, 0.05) is 36.1 Å². The normalized spacial score (nSPS) is 10.8. The minimum absolute atomic E-state index is 0.111. The molecule has 0 saturated carbocycles. The highest BCUT2D eigenvalue weighted by Gasteiger charge is 2.12. The number of aromatic nitrogens is 2. The summed E-state index contributed by atoms with van der Waals surface area (Å²) >= 11 is 1.42. The second-order valence-electron chi connectivity index (χ2n) is 7.38. The van der Waals surface area contributed by atoms with Crippen LogP contribution in [0.5, 0.6) is 11.5 Å². The van der Waals surface area contributed by atoms with Crippen LogP contribution in [0.25, 0.3) is 10.9 Å². The zero-order valence-electron chi connectivity index (χ0n) is 18.3. The Morgan fingerprint density at radius 2 is 1.81 bits per heavy atom. The lowest BCUT2D eigenvalue weighted by Gasteiger charge is -2.10. The summed E-state index contributed by atoms with van der Waals surface area (Å²) in [6.07, 6.45) is 3.86. The van der Waals surface area contributed by atoms with Crippen molar-refractivity contribution < 1.29 is 14.3 Å². The molecule has 0 spiro atoms. The number of benzene rings is 2. The molecule has 2 heterocycles. The summed E-state index contributed by atoms with van der Waals surface area (Å²) in [4.78, 5) is 17.0. The van der Waals surface area contributed by atoms with Crippen molar-refractivity contribution in [3.05, 3.63) is 78.1 Å². The highest BCUT2D eigenvalue weighted by Crippen LogP contribution is 2.30. The Labute approximate surface area is 191 Å². The summed E-state index contributed by atoms with van der Waals surface area (Å²) in [6.45, 7) is 2.88. The lowest BCUT2D eigenvalue weighted by atomic mass is 10.1. The van der Waals surface area contributed by atoms with E-state index in [0.29, 0.717) is 17.2 Å². The van der Waals surface area contributed by atoms with E-state index in [4.69, 9.17) is 9.47 Å². The van der Waals surface area contributed by atoms with Crippen LogP contribution in [-0.4, -0.2) is 35.4 Å². The molecule has 0 unspecified atom stereocenters. The fraction of sp³-hybridized carbons (Fsp3) is 0.200. The molecule has 0 atom stereocenters. The van der Waals surface area contributed by atoms with E-state index >= 15 is 0 Å². The minimum atomic E-state index is -0.111. The van der Waals surface area contributed by atoms with Gasteiger partial charge in [0.1, 0.15) is 5.03 Å². The van der Waals surface area contributed by atoms with Gasteiger partial charge in [-0.2, -0.15) is 0 Å². The highest BCUT2D eigenvalue weighted by atomic mass is 32.2. The molecular weight excluding hydrogens is 422 g/mol. The van der Waals surface area contributed by atoms with Gasteiger partial charge in [0.15, 0.2) is 11.5 Å². The molecule has 0 fully saturated rings. The van der Waals surface area contributed by atoms with Crippen molar-refractivity contribution in [1.29, 1.82) is 0 Å². The van der Waals surface area contributed by atoms with Gasteiger partial charge in [-0.25, -0.2) is 4.98 Å². The van der Waals surface area contributed by atoms with Crippen molar-refractivity contribution in [2.24, 2.45) is 0 Å². The fourth-order valence-corrected chi connectivity index (χ4v) is 4.29. The van der Waals surface area contributed by atoms with Gasteiger partial charge in [0.25, 0.3) is 0 Å². The number of carbonyl (C=O) groups excluding carboxylic acids is 1. The number of hydrogen-bond acceptors (Lipinski definition) is 5. The molecule has 0 aliphatic carbocycles. The molecule has 7 heteroatoms. The molecule has 1 amide bonds. The first-order valence-electron chi connectivity index (χ1n) is 10.2. The summed E-state index contributed by atoms with van der Waals surface area (Å²) in [5.41, 5.74) is 4.25. The van der Waals surface area contributed by atoms with Crippen molar-refractivity contribution in [3.8, 4) is 11.5 Å². The van der Waals surface area contributed by atoms with Crippen molar-refractivity contribution in [2.45, 2.75) is 18.5 Å². The molecule has 2 aromatic heterocycles. The second-order valence-corrected chi connectivity index (χ2v) is 8.35. The lowest BCUT2D eigenvalue weighted by molar-refractivity contribution is -0.113. The molecule has 6 nitrogen and oxygen atoms in total. The monoisotopic (exact) mass is 447 g/mol. The average Bonchev–Trinajstić information content (AvgIpc) is 3.22. The van der Waals surface area contributed by atoms with Crippen molar-refractivity contribution in [1.82, 2.24) is 9.55 Å². The van der Waals surface area contributed by atoms with E-state index in [-0.39, 0.29) is 11.7 Å². The number of fused-ring (bicyclic) bond motifs is 1. The number of nitrogens with zero attached hydrogens (tertiary/aromatic N) is 2. The van der Waals surface area contributed by atoms with Gasteiger partial charge in [0.2, 0.25) is 5.91 Å². The molecule has 4 aromatic rings. The Bertz CT molecular complexity index is 1240. The van der Waals surface area contributed by atoms with Crippen molar-refractivity contribution >= 4 is 34.3 Å². The van der Waals surface area contributed by atoms with Crippen LogP contribution < -0.4 is 14.8 Å². The Hall–Kier alpha value is -3.45. The van der Waals surface area contributed by atoms with Crippen LogP contribution in [0.4, 0.5) is 5.69 Å². The number of hydrogen-bond donors (Lipinski definition) is 1. The number of ether oxygens (including phenoxy) is 2. The predicted molar refractivity (Wildman–Crippen MR) is 129 cm³/mol. The van der Waals surface area contributed by atoms with Crippen LogP contribution in [0.15, 0.2) is 72.0 Å². The third-order valence-corrected chi connectivity index (χ3v) is 6.15. The fourth-order valence-electron chi connectivity index (χ4n) is 3.48. The number of carbonyl (C=O) groups is 1. The number of thioether (sulfide) groups is 1. The smallest absolute Gasteiger partial charge is 0.234 e. The van der Waals surface area contributed by atoms with Crippen molar-refractivity contribution in [2.75, 3.05) is 25.3 Å². The minimum Gasteiger partial charge on any atom is -0.493 e. The number of rotatable bonds is 8. The van der Waals surface area contributed by atoms with Gasteiger partial charge in [-0.15, -0.1) is 0 Å². The van der Waals surface area contributed by atoms with Crippen LogP contribution in [0.3, 0.4) is 0 Å². The molecule has 0 saturated heterocycles. The van der Waals surface area contributed by atoms with Gasteiger partial charge >= 0.3 is 0 Å². The summed E-state index contributed by atoms with van der Waals surface area (Å²) in [5.74, 6) is 1.33. The number of nitrogens with one attached hydrogen (secondary N) is 1. The number of aryl methyl sites for hydroxylation is 1. The van der Waals surface area contributed by atoms with Crippen LogP contribution >= 0.6 is 11.8 Å². The predicted octanol–water partition coefficient (Wildman–Crippen LogP) is 5.14. The Morgan fingerprint density at radius 1 is 1.03 bits per heavy atom. The maximum Gasteiger partial charge on any atom is 0.234 e. The third kappa shape index (κ3) is 4.89. The quantitative estimate of drug-likeness (QED) is 0.379. The highest BCUT2D eigenvalue weighted by molar-refractivity contribution is 8.00. The van der Waals surface area contributed by atoms with E-state index in [0.717, 1.165) is 22.5 Å². The van der Waals surface area contributed by atoms with Crippen LogP contribution in [0, 0.1) is 6.92 Å². The zero-order valence-corrected chi connectivity index (χ0v) is 19.1. The molecule has 0 bridgehead atoms. The van der Waals surface area contributed by atoms with Crippen molar-refractivity contribution in [3.63, 3.8) is 0 Å². The SMILES string of the molecule is COc1ccc(NC(=O)CSc2nccc3c2ccn3Cc2ccc(C)cc2)cc1OC. The summed E-state index contributed by atoms with van der Waals surface area (Å²) < 4.78 is 12.7. The number of amides is 1. The molecule has 4 rings (SSSR count). The van der Waals surface area contributed by atoms with Gasteiger partial charge in [0.05, 0.1) is 25.5 Å². The van der Waals surface area contributed by atoms with Gasteiger partial charge in [-0.3, -0.25) is 4.79 Å². The van der Waals surface area contributed by atoms with Gasteiger partial charge < -0.3 is 19.4 Å². The first-order chi connectivity index (χ1) is 15.6. The van der Waals surface area contributed by atoms with E-state index in [1.165, 1.54) is 22.9 Å². The van der Waals surface area contributed by atoms with E-state index in [2.05, 4.69) is 58.3 Å². The van der Waals surface area contributed by atoms with E-state index in [1.807, 2.05) is 6.07 Å². The van der Waals surface area contributed by atoms with Crippen LogP contribution in [-0.2, 0) is 11.3 Å². The largest absolute Gasteiger partial charge is 0.493 e. The van der Waals surface area contributed by atoms with E-state index in [1.54, 1.807) is 38.6 Å². The molecule has 0 aliphatic rings. The molecular formula is C25H25N3O3S. The number of methoxy groups -OCH3 is 2. The zero-order chi connectivity index (χ0) is 22.5. The van der Waals surface area contributed by atoms with Gasteiger partial charge in [-0.1, -0.05) is 41.6 Å². The Morgan fingerprint density at radius 3 is 2.56 bits per heavy atom. The van der Waals surface area contributed by atoms with E-state index in [9.17, 15) is 4.79 Å². The van der Waals surface area contributed by atoms with Crippen LogP contribution in [0.2, 0.25) is 0 Å². The summed E-state index contributed by atoms with van der Waals surface area (Å²) in [7, 11) is 3.14. The Kier molecular flexibility index (Phi) is 6.66. The van der Waals surface area contributed by atoms with Gasteiger partial charge in [-0.05, 0) is 36.8 Å². The maximum absolute atomic E-state index is 12.5. The standard InChI is InChI=1S/C25H25N3O3S/c1-17-4-6-18(7-5-17)15-28-13-11-20-21(28)10-12-26-25(20)32-16-24(29)27-19-8-9-22(30-2)23(14-19)31-3/h4-14H,15-16H2,1-3H3,(H,27,29). The molecule has 0 radical (unpaired) electrons. The third-order valence-electron chi connectivity index (χ3n) is 5.14. The first kappa shape index (κ1) is 21.8. The number of anilines is 1. The molecule has 164 valence electrons. The number of pyridine rings is 1. The average molecular weight is 448 g/mol. The lowest BCUT2D eigenvalue weighted by Crippen LogP contribution is -2.14. The molecule has 2 aromatic carbocycles. The first-order valence-corrected chi connectivity index (χ1v) is 11.2.